The van der Waals surface area contributed by atoms with Crippen molar-refractivity contribution in [2.24, 2.45) is 0 Å². The molecular formula is C18H21FO2. The number of hydrogen-bond acceptors (Lipinski definition) is 2. The molecule has 2 aromatic rings. The first-order valence-corrected chi connectivity index (χ1v) is 7.04. The Bertz CT molecular complexity index is 627. The lowest BCUT2D eigenvalue weighted by atomic mass is 9.86. The van der Waals surface area contributed by atoms with Crippen molar-refractivity contribution in [1.82, 2.24) is 0 Å². The van der Waals surface area contributed by atoms with Crippen LogP contribution < -0.4 is 4.74 Å². The molecule has 0 aliphatic heterocycles. The normalized spacial score (nSPS) is 13.0. The molecule has 1 unspecified atom stereocenters. The molecule has 21 heavy (non-hydrogen) atoms. The van der Waals surface area contributed by atoms with Crippen molar-refractivity contribution < 1.29 is 14.2 Å². The van der Waals surface area contributed by atoms with Gasteiger partial charge in [-0.1, -0.05) is 51.1 Å². The van der Waals surface area contributed by atoms with Gasteiger partial charge in [0.1, 0.15) is 5.75 Å². The van der Waals surface area contributed by atoms with Crippen LogP contribution >= 0.6 is 0 Å². The summed E-state index contributed by atoms with van der Waals surface area (Å²) in [5, 5.41) is 9.79. The predicted octanol–water partition coefficient (Wildman–Crippen LogP) is 4.97. The number of ether oxygens (including phenoxy) is 1. The Morgan fingerprint density at radius 3 is 2.33 bits per heavy atom. The highest BCUT2D eigenvalue weighted by Crippen LogP contribution is 2.37. The maximum atomic E-state index is 14.1. The highest BCUT2D eigenvalue weighted by molar-refractivity contribution is 5.45. The largest absolute Gasteiger partial charge is 0.454 e. The van der Waals surface area contributed by atoms with Crippen LogP contribution in [0.25, 0.3) is 0 Å². The molecule has 0 amide bonds. The second-order valence-electron chi connectivity index (χ2n) is 6.18. The molecule has 112 valence electrons. The summed E-state index contributed by atoms with van der Waals surface area (Å²) < 4.78 is 19.9. The molecule has 1 N–H and O–H groups in total. The lowest BCUT2D eigenvalue weighted by molar-refractivity contribution is 0.194. The molecule has 2 nitrogen and oxygen atoms in total. The highest BCUT2D eigenvalue weighted by atomic mass is 19.1. The van der Waals surface area contributed by atoms with E-state index in [2.05, 4.69) is 20.8 Å². The fourth-order valence-electron chi connectivity index (χ4n) is 2.25. The number of rotatable bonds is 3. The molecule has 2 aromatic carbocycles. The maximum absolute atomic E-state index is 14.1. The SMILES string of the molecule is CC(O)c1cccc(F)c1Oc1ccccc1C(C)(C)C. The van der Waals surface area contributed by atoms with Crippen LogP contribution in [-0.4, -0.2) is 5.11 Å². The van der Waals surface area contributed by atoms with Crippen LogP contribution in [0.5, 0.6) is 11.5 Å². The Hall–Kier alpha value is -1.87. The van der Waals surface area contributed by atoms with Gasteiger partial charge in [0.25, 0.3) is 0 Å². The van der Waals surface area contributed by atoms with E-state index in [9.17, 15) is 9.50 Å². The molecule has 2 rings (SSSR count). The quantitative estimate of drug-likeness (QED) is 0.864. The first-order chi connectivity index (χ1) is 9.80. The minimum absolute atomic E-state index is 0.0872. The third kappa shape index (κ3) is 3.42. The van der Waals surface area contributed by atoms with Gasteiger partial charge in [0.15, 0.2) is 11.6 Å². The molecule has 0 saturated heterocycles. The van der Waals surface area contributed by atoms with Gasteiger partial charge in [0.2, 0.25) is 0 Å². The average molecular weight is 288 g/mol. The summed E-state index contributed by atoms with van der Waals surface area (Å²) in [5.41, 5.74) is 1.32. The second kappa shape index (κ2) is 5.86. The minimum atomic E-state index is -0.794. The molecule has 0 aliphatic rings. The van der Waals surface area contributed by atoms with E-state index in [1.165, 1.54) is 6.07 Å². The lowest BCUT2D eigenvalue weighted by Crippen LogP contribution is -2.12. The summed E-state index contributed by atoms with van der Waals surface area (Å²) in [6.45, 7) is 7.82. The summed E-state index contributed by atoms with van der Waals surface area (Å²) in [6, 6.07) is 12.2. The summed E-state index contributed by atoms with van der Waals surface area (Å²) >= 11 is 0. The summed E-state index contributed by atoms with van der Waals surface area (Å²) in [6.07, 6.45) is -0.794. The van der Waals surface area contributed by atoms with E-state index < -0.39 is 11.9 Å². The maximum Gasteiger partial charge on any atom is 0.168 e. The van der Waals surface area contributed by atoms with Gasteiger partial charge in [-0.3, -0.25) is 0 Å². The zero-order valence-corrected chi connectivity index (χ0v) is 12.9. The molecule has 0 bridgehead atoms. The number of halogens is 1. The van der Waals surface area contributed by atoms with Crippen LogP contribution in [-0.2, 0) is 5.41 Å². The molecule has 0 fully saturated rings. The van der Waals surface area contributed by atoms with Gasteiger partial charge in [-0.25, -0.2) is 4.39 Å². The fraction of sp³-hybridized carbons (Fsp3) is 0.333. The third-order valence-electron chi connectivity index (χ3n) is 3.35. The van der Waals surface area contributed by atoms with E-state index >= 15 is 0 Å². The Labute approximate surface area is 125 Å². The molecule has 0 heterocycles. The van der Waals surface area contributed by atoms with E-state index in [1.807, 2.05) is 24.3 Å². The van der Waals surface area contributed by atoms with Crippen LogP contribution in [0.1, 0.15) is 44.9 Å². The molecule has 3 heteroatoms. The van der Waals surface area contributed by atoms with Crippen molar-refractivity contribution in [2.45, 2.75) is 39.2 Å². The van der Waals surface area contributed by atoms with E-state index in [0.717, 1.165) is 5.56 Å². The Morgan fingerprint density at radius 1 is 1.05 bits per heavy atom. The van der Waals surface area contributed by atoms with Crippen molar-refractivity contribution >= 4 is 0 Å². The number of para-hydroxylation sites is 2. The van der Waals surface area contributed by atoms with Crippen molar-refractivity contribution in [3.8, 4) is 11.5 Å². The van der Waals surface area contributed by atoms with Crippen LogP contribution in [0, 0.1) is 5.82 Å². The zero-order chi connectivity index (χ0) is 15.6. The smallest absolute Gasteiger partial charge is 0.168 e. The Morgan fingerprint density at radius 2 is 1.71 bits per heavy atom. The molecule has 1 atom stereocenters. The van der Waals surface area contributed by atoms with E-state index in [1.54, 1.807) is 19.1 Å². The molecule has 0 saturated carbocycles. The van der Waals surface area contributed by atoms with Gasteiger partial charge in [-0.05, 0) is 24.5 Å². The first-order valence-electron chi connectivity index (χ1n) is 7.04. The second-order valence-corrected chi connectivity index (χ2v) is 6.18. The van der Waals surface area contributed by atoms with Crippen LogP contribution in [0.15, 0.2) is 42.5 Å². The van der Waals surface area contributed by atoms with Crippen molar-refractivity contribution in [3.05, 3.63) is 59.4 Å². The van der Waals surface area contributed by atoms with Gasteiger partial charge in [0.05, 0.1) is 6.10 Å². The van der Waals surface area contributed by atoms with Gasteiger partial charge in [0, 0.05) is 11.1 Å². The van der Waals surface area contributed by atoms with Gasteiger partial charge in [-0.15, -0.1) is 0 Å². The summed E-state index contributed by atoms with van der Waals surface area (Å²) in [5.74, 6) is 0.221. The minimum Gasteiger partial charge on any atom is -0.454 e. The molecular weight excluding hydrogens is 267 g/mol. The number of aliphatic hydroxyl groups excluding tert-OH is 1. The monoisotopic (exact) mass is 288 g/mol. The lowest BCUT2D eigenvalue weighted by Gasteiger charge is -2.23. The summed E-state index contributed by atoms with van der Waals surface area (Å²) in [4.78, 5) is 0. The van der Waals surface area contributed by atoms with Gasteiger partial charge < -0.3 is 9.84 Å². The number of benzene rings is 2. The van der Waals surface area contributed by atoms with Crippen LogP contribution in [0.3, 0.4) is 0 Å². The van der Waals surface area contributed by atoms with E-state index in [0.29, 0.717) is 11.3 Å². The van der Waals surface area contributed by atoms with Crippen molar-refractivity contribution in [1.29, 1.82) is 0 Å². The van der Waals surface area contributed by atoms with Gasteiger partial charge in [-0.2, -0.15) is 0 Å². The third-order valence-corrected chi connectivity index (χ3v) is 3.35. The number of hydrogen-bond donors (Lipinski definition) is 1. The van der Waals surface area contributed by atoms with Crippen molar-refractivity contribution in [2.75, 3.05) is 0 Å². The van der Waals surface area contributed by atoms with Crippen LogP contribution in [0.4, 0.5) is 4.39 Å². The van der Waals surface area contributed by atoms with E-state index in [-0.39, 0.29) is 11.2 Å². The molecule has 0 spiro atoms. The molecule has 0 aromatic heterocycles. The number of aliphatic hydroxyl groups is 1. The average Bonchev–Trinajstić information content (AvgIpc) is 2.40. The standard InChI is InChI=1S/C18H21FO2/c1-12(20)13-8-7-10-15(19)17(13)21-16-11-6-5-9-14(16)18(2,3)4/h5-12,20H,1-4H3. The summed E-state index contributed by atoms with van der Waals surface area (Å²) in [7, 11) is 0. The Kier molecular flexibility index (Phi) is 4.33. The highest BCUT2D eigenvalue weighted by Gasteiger charge is 2.21. The van der Waals surface area contributed by atoms with Crippen LogP contribution in [0.2, 0.25) is 0 Å². The zero-order valence-electron chi connectivity index (χ0n) is 12.9. The fourth-order valence-corrected chi connectivity index (χ4v) is 2.25. The predicted molar refractivity (Wildman–Crippen MR) is 82.2 cm³/mol. The molecule has 0 aliphatic carbocycles. The Balaban J connectivity index is 2.49. The van der Waals surface area contributed by atoms with E-state index in [4.69, 9.17) is 4.74 Å². The van der Waals surface area contributed by atoms with Crippen molar-refractivity contribution in [3.63, 3.8) is 0 Å². The van der Waals surface area contributed by atoms with Gasteiger partial charge >= 0.3 is 0 Å². The first kappa shape index (κ1) is 15.5. The topological polar surface area (TPSA) is 29.5 Å². The molecule has 0 radical (unpaired) electrons.